The van der Waals surface area contributed by atoms with E-state index in [9.17, 15) is 14.3 Å². The maximum absolute atomic E-state index is 11.9. The Kier molecular flexibility index (Phi) is 4.77. The SMILES string of the molecule is Cc1ccc(S(=O)N[C@@H](C)[C@@H](C)[N+](=O)[O-])cc1. The molecule has 94 valence electrons. The van der Waals surface area contributed by atoms with Gasteiger partial charge in [-0.05, 0) is 26.0 Å². The van der Waals surface area contributed by atoms with E-state index >= 15 is 0 Å². The predicted octanol–water partition coefficient (Wildman–Crippen LogP) is 1.66. The largest absolute Gasteiger partial charge is 0.264 e. The van der Waals surface area contributed by atoms with Crippen LogP contribution in [0.25, 0.3) is 0 Å². The van der Waals surface area contributed by atoms with Crippen LogP contribution in [0.15, 0.2) is 29.2 Å². The van der Waals surface area contributed by atoms with E-state index in [4.69, 9.17) is 0 Å². The van der Waals surface area contributed by atoms with Crippen molar-refractivity contribution >= 4 is 11.0 Å². The highest BCUT2D eigenvalue weighted by molar-refractivity contribution is 7.83. The van der Waals surface area contributed by atoms with Gasteiger partial charge in [-0.15, -0.1) is 0 Å². The zero-order valence-electron chi connectivity index (χ0n) is 10.0. The predicted molar refractivity (Wildman–Crippen MR) is 66.6 cm³/mol. The lowest BCUT2D eigenvalue weighted by Crippen LogP contribution is -2.40. The molecule has 1 aromatic carbocycles. The smallest absolute Gasteiger partial charge is 0.226 e. The molecule has 0 saturated heterocycles. The maximum Gasteiger partial charge on any atom is 0.226 e. The summed E-state index contributed by atoms with van der Waals surface area (Å²) in [5, 5.41) is 10.6. The number of hydrogen-bond donors (Lipinski definition) is 1. The Morgan fingerprint density at radius 2 is 1.82 bits per heavy atom. The minimum atomic E-state index is -1.41. The van der Waals surface area contributed by atoms with Crippen LogP contribution in [0, 0.1) is 17.0 Å². The lowest BCUT2D eigenvalue weighted by Gasteiger charge is -2.14. The molecule has 0 bridgehead atoms. The summed E-state index contributed by atoms with van der Waals surface area (Å²) in [6, 6.07) is 5.99. The van der Waals surface area contributed by atoms with Crippen LogP contribution >= 0.6 is 0 Å². The van der Waals surface area contributed by atoms with Crippen molar-refractivity contribution in [1.82, 2.24) is 4.72 Å². The van der Waals surface area contributed by atoms with Gasteiger partial charge in [-0.3, -0.25) is 10.1 Å². The van der Waals surface area contributed by atoms with Crippen molar-refractivity contribution in [1.29, 1.82) is 0 Å². The van der Waals surface area contributed by atoms with Crippen LogP contribution in [-0.4, -0.2) is 21.2 Å². The third-order valence-electron chi connectivity index (χ3n) is 2.58. The van der Waals surface area contributed by atoms with Gasteiger partial charge < -0.3 is 0 Å². The summed E-state index contributed by atoms with van der Waals surface area (Å²) < 4.78 is 14.6. The third-order valence-corrected chi connectivity index (χ3v) is 3.87. The van der Waals surface area contributed by atoms with E-state index in [1.54, 1.807) is 19.1 Å². The fraction of sp³-hybridized carbons (Fsp3) is 0.455. The molecule has 1 rings (SSSR count). The van der Waals surface area contributed by atoms with Gasteiger partial charge in [-0.1, -0.05) is 17.7 Å². The van der Waals surface area contributed by atoms with Gasteiger partial charge in [0.15, 0.2) is 0 Å². The quantitative estimate of drug-likeness (QED) is 0.643. The molecular formula is C11H16N2O3S. The van der Waals surface area contributed by atoms with Crippen LogP contribution in [0.3, 0.4) is 0 Å². The second-order valence-corrected chi connectivity index (χ2v) is 5.26. The summed E-state index contributed by atoms with van der Waals surface area (Å²) in [5.41, 5.74) is 1.08. The van der Waals surface area contributed by atoms with Gasteiger partial charge in [-0.25, -0.2) is 8.93 Å². The Labute approximate surface area is 103 Å². The van der Waals surface area contributed by atoms with E-state index in [1.807, 2.05) is 19.1 Å². The lowest BCUT2D eigenvalue weighted by atomic mass is 10.2. The van der Waals surface area contributed by atoms with Crippen molar-refractivity contribution in [2.75, 3.05) is 0 Å². The summed E-state index contributed by atoms with van der Waals surface area (Å²) in [6.45, 7) is 5.08. The van der Waals surface area contributed by atoms with E-state index in [1.165, 1.54) is 6.92 Å². The second kappa shape index (κ2) is 5.88. The van der Waals surface area contributed by atoms with Crippen molar-refractivity contribution in [2.24, 2.45) is 0 Å². The van der Waals surface area contributed by atoms with Crippen LogP contribution in [0.2, 0.25) is 0 Å². The van der Waals surface area contributed by atoms with Crippen molar-refractivity contribution in [3.63, 3.8) is 0 Å². The van der Waals surface area contributed by atoms with Gasteiger partial charge >= 0.3 is 0 Å². The summed E-state index contributed by atoms with van der Waals surface area (Å²) >= 11 is 0. The van der Waals surface area contributed by atoms with E-state index in [0.717, 1.165) is 5.56 Å². The average Bonchev–Trinajstić information content (AvgIpc) is 2.28. The molecule has 0 heterocycles. The molecule has 1 aromatic rings. The summed E-state index contributed by atoms with van der Waals surface area (Å²) in [6.07, 6.45) is 0. The fourth-order valence-corrected chi connectivity index (χ4v) is 2.23. The van der Waals surface area contributed by atoms with Crippen molar-refractivity contribution < 1.29 is 9.13 Å². The molecule has 17 heavy (non-hydrogen) atoms. The molecule has 0 aromatic heterocycles. The molecule has 0 radical (unpaired) electrons. The fourth-order valence-electron chi connectivity index (χ4n) is 1.18. The molecule has 0 aliphatic heterocycles. The van der Waals surface area contributed by atoms with Crippen LogP contribution in [0.1, 0.15) is 19.4 Å². The first kappa shape index (κ1) is 13.8. The zero-order valence-corrected chi connectivity index (χ0v) is 10.9. The molecule has 0 spiro atoms. The van der Waals surface area contributed by atoms with Gasteiger partial charge in [0, 0.05) is 11.8 Å². The van der Waals surface area contributed by atoms with Crippen molar-refractivity contribution in [3.05, 3.63) is 39.9 Å². The van der Waals surface area contributed by atoms with Gasteiger partial charge in [0.1, 0.15) is 11.0 Å². The Morgan fingerprint density at radius 3 is 2.29 bits per heavy atom. The average molecular weight is 256 g/mol. The van der Waals surface area contributed by atoms with E-state index < -0.39 is 23.1 Å². The Balaban J connectivity index is 2.66. The second-order valence-electron chi connectivity index (χ2n) is 4.01. The minimum absolute atomic E-state index is 0.385. The third kappa shape index (κ3) is 3.90. The first-order valence-corrected chi connectivity index (χ1v) is 6.45. The molecule has 1 N–H and O–H groups in total. The molecular weight excluding hydrogens is 240 g/mol. The van der Waals surface area contributed by atoms with Crippen molar-refractivity contribution in [3.8, 4) is 0 Å². The molecule has 1 unspecified atom stereocenters. The summed E-state index contributed by atoms with van der Waals surface area (Å²) in [4.78, 5) is 10.8. The molecule has 5 nitrogen and oxygen atoms in total. The highest BCUT2D eigenvalue weighted by Gasteiger charge is 2.23. The molecule has 3 atom stereocenters. The molecule has 0 amide bonds. The van der Waals surface area contributed by atoms with E-state index in [0.29, 0.717) is 4.90 Å². The van der Waals surface area contributed by atoms with E-state index in [2.05, 4.69) is 4.72 Å². The van der Waals surface area contributed by atoms with Crippen molar-refractivity contribution in [2.45, 2.75) is 37.8 Å². The van der Waals surface area contributed by atoms with Gasteiger partial charge in [0.05, 0.1) is 10.9 Å². The standard InChI is InChI=1S/C11H16N2O3S/c1-8-4-6-11(7-5-8)17(16)12-9(2)10(3)13(14)15/h4-7,9-10,12H,1-3H3/t9-,10+,17?/m0/s1. The molecule has 6 heteroatoms. The Morgan fingerprint density at radius 1 is 1.29 bits per heavy atom. The molecule has 0 aliphatic rings. The molecule has 0 aliphatic carbocycles. The number of nitro groups is 1. The van der Waals surface area contributed by atoms with Crippen LogP contribution in [0.4, 0.5) is 0 Å². The minimum Gasteiger partial charge on any atom is -0.264 e. The van der Waals surface area contributed by atoms with Crippen LogP contribution in [-0.2, 0) is 11.0 Å². The maximum atomic E-state index is 11.9. The Hall–Kier alpha value is -1.27. The summed E-state index contributed by atoms with van der Waals surface area (Å²) in [7, 11) is -1.41. The molecule has 0 saturated carbocycles. The Bertz CT molecular complexity index is 419. The number of nitrogens with one attached hydrogen (secondary N) is 1. The zero-order chi connectivity index (χ0) is 13.0. The lowest BCUT2D eigenvalue weighted by molar-refractivity contribution is -0.521. The first-order valence-electron chi connectivity index (χ1n) is 5.30. The van der Waals surface area contributed by atoms with E-state index in [-0.39, 0.29) is 4.92 Å². The van der Waals surface area contributed by atoms with Gasteiger partial charge in [0.2, 0.25) is 6.04 Å². The van der Waals surface area contributed by atoms with Crippen LogP contribution in [0.5, 0.6) is 0 Å². The van der Waals surface area contributed by atoms with Gasteiger partial charge in [0.25, 0.3) is 0 Å². The number of benzene rings is 1. The highest BCUT2D eigenvalue weighted by Crippen LogP contribution is 2.08. The number of aryl methyl sites for hydroxylation is 1. The number of rotatable bonds is 5. The molecule has 0 fully saturated rings. The topological polar surface area (TPSA) is 72.2 Å². The number of nitrogens with zero attached hydrogens (tertiary/aromatic N) is 1. The van der Waals surface area contributed by atoms with Crippen LogP contribution < -0.4 is 4.72 Å². The number of hydrogen-bond acceptors (Lipinski definition) is 3. The monoisotopic (exact) mass is 256 g/mol. The first-order chi connectivity index (χ1) is 7.91. The van der Waals surface area contributed by atoms with Gasteiger partial charge in [-0.2, -0.15) is 0 Å². The normalized spacial score (nSPS) is 16.2. The summed E-state index contributed by atoms with van der Waals surface area (Å²) in [5.74, 6) is 0. The highest BCUT2D eigenvalue weighted by atomic mass is 32.2.